The van der Waals surface area contributed by atoms with Crippen molar-refractivity contribution in [3.8, 4) is 5.75 Å². The Bertz CT molecular complexity index is 758. The summed E-state index contributed by atoms with van der Waals surface area (Å²) in [5.74, 6) is 1.43. The van der Waals surface area contributed by atoms with Crippen molar-refractivity contribution in [1.82, 2.24) is 0 Å². The third-order valence-electron chi connectivity index (χ3n) is 4.89. The largest absolute Gasteiger partial charge is 0.491 e. The number of hydrogen-bond donors (Lipinski definition) is 1. The summed E-state index contributed by atoms with van der Waals surface area (Å²) >= 11 is 2.25. The van der Waals surface area contributed by atoms with Crippen molar-refractivity contribution in [3.05, 3.63) is 40.0 Å². The zero-order chi connectivity index (χ0) is 26.1. The van der Waals surface area contributed by atoms with Crippen LogP contribution in [0.5, 0.6) is 5.75 Å². The standard InChI is InChI=1S/C15H19IO3S.C6H15O2P.C4H9N/c1-4-10-9(3)12-8-19-15(17)13(12)14(11(10)5-2)18-6-7-20-16;1-4-7-9(6-3)8-5-2;1-4(2)3-5/h4-8H2,1-3H3;4-6H2,1-3H3;1,3,5H2,2H3. The highest BCUT2D eigenvalue weighted by Gasteiger charge is 2.31. The average Bonchev–Trinajstić information content (AvgIpc) is 3.22. The third kappa shape index (κ3) is 11.1. The molecule has 1 aliphatic rings. The number of rotatable bonds is 12. The van der Waals surface area contributed by atoms with E-state index >= 15 is 0 Å². The quantitative estimate of drug-likeness (QED) is 0.0866. The first kappa shape index (κ1) is 33.6. The lowest BCUT2D eigenvalue weighted by molar-refractivity contribution is 0.0532. The number of nitrogens with two attached hydrogens (primary N) is 1. The molecule has 0 saturated carbocycles. The molecule has 0 fully saturated rings. The predicted molar refractivity (Wildman–Crippen MR) is 156 cm³/mol. The van der Waals surface area contributed by atoms with E-state index in [9.17, 15) is 4.79 Å². The van der Waals surface area contributed by atoms with Crippen LogP contribution in [0.3, 0.4) is 0 Å². The Morgan fingerprint density at radius 2 is 1.71 bits per heavy atom. The number of halogens is 1. The van der Waals surface area contributed by atoms with Crippen molar-refractivity contribution in [3.63, 3.8) is 0 Å². The van der Waals surface area contributed by atoms with E-state index in [2.05, 4.69) is 55.5 Å². The van der Waals surface area contributed by atoms with Gasteiger partial charge in [0.05, 0.1) is 19.8 Å². The fourth-order valence-electron chi connectivity index (χ4n) is 3.32. The highest BCUT2D eigenvalue weighted by molar-refractivity contribution is 14.2. The predicted octanol–water partition coefficient (Wildman–Crippen LogP) is 7.16. The Labute approximate surface area is 224 Å². The summed E-state index contributed by atoms with van der Waals surface area (Å²) in [5.41, 5.74) is 11.5. The van der Waals surface area contributed by atoms with Gasteiger partial charge < -0.3 is 24.3 Å². The Morgan fingerprint density at radius 3 is 2.12 bits per heavy atom. The molecule has 9 heteroatoms. The van der Waals surface area contributed by atoms with Crippen LogP contribution in [0, 0.1) is 6.92 Å². The molecule has 0 aliphatic carbocycles. The minimum atomic E-state index is -0.559. The van der Waals surface area contributed by atoms with Gasteiger partial charge in [-0.05, 0) is 78.4 Å². The fraction of sp³-hybridized carbons (Fsp3) is 0.640. The van der Waals surface area contributed by atoms with E-state index in [-0.39, 0.29) is 5.97 Å². The second-order valence-electron chi connectivity index (χ2n) is 7.36. The molecule has 0 atom stereocenters. The van der Waals surface area contributed by atoms with Gasteiger partial charge in [-0.15, -0.1) is 0 Å². The van der Waals surface area contributed by atoms with Crippen LogP contribution in [0.15, 0.2) is 12.2 Å². The van der Waals surface area contributed by atoms with E-state index in [1.807, 2.05) is 20.8 Å². The van der Waals surface area contributed by atoms with Gasteiger partial charge >= 0.3 is 5.97 Å². The molecule has 1 aromatic carbocycles. The SMILES string of the molecule is C=C(C)CN.CCOP(CC)OCC.CCc1c(C)c2c(c(OCCSI)c1CC)C(=O)OC2. The first-order valence-corrected chi connectivity index (χ1v) is 16.7. The van der Waals surface area contributed by atoms with Crippen LogP contribution in [-0.2, 0) is 33.2 Å². The maximum Gasteiger partial charge on any atom is 0.342 e. The molecular formula is C25H43INO5PS. The molecule has 1 aliphatic heterocycles. The summed E-state index contributed by atoms with van der Waals surface area (Å²) in [4.78, 5) is 12.0. The van der Waals surface area contributed by atoms with Crippen LogP contribution in [0.4, 0.5) is 0 Å². The molecule has 0 radical (unpaired) electrons. The van der Waals surface area contributed by atoms with E-state index < -0.39 is 8.38 Å². The monoisotopic (exact) mass is 627 g/mol. The highest BCUT2D eigenvalue weighted by atomic mass is 127. The van der Waals surface area contributed by atoms with Crippen molar-refractivity contribution < 1.29 is 23.3 Å². The van der Waals surface area contributed by atoms with Crippen LogP contribution in [0.25, 0.3) is 0 Å². The van der Waals surface area contributed by atoms with Gasteiger partial charge in [0.25, 0.3) is 0 Å². The number of ether oxygens (including phenoxy) is 2. The number of cyclic esters (lactones) is 1. The number of benzene rings is 1. The minimum absolute atomic E-state index is 0.238. The highest BCUT2D eigenvalue weighted by Crippen LogP contribution is 2.39. The normalized spacial score (nSPS) is 11.8. The third-order valence-corrected chi connectivity index (χ3v) is 8.14. The van der Waals surface area contributed by atoms with Crippen LogP contribution >= 0.6 is 38.5 Å². The Kier molecular flexibility index (Phi) is 19.5. The van der Waals surface area contributed by atoms with Gasteiger partial charge in [-0.2, -0.15) is 0 Å². The fourth-order valence-corrected chi connectivity index (χ4v) is 5.02. The van der Waals surface area contributed by atoms with E-state index in [1.54, 1.807) is 8.93 Å². The van der Waals surface area contributed by atoms with Crippen molar-refractivity contribution in [1.29, 1.82) is 0 Å². The summed E-state index contributed by atoms with van der Waals surface area (Å²) in [6.07, 6.45) is 2.82. The minimum Gasteiger partial charge on any atom is -0.491 e. The molecule has 2 N–H and O–H groups in total. The number of esters is 1. The maximum absolute atomic E-state index is 12.0. The summed E-state index contributed by atoms with van der Waals surface area (Å²) < 4.78 is 21.7. The number of fused-ring (bicyclic) bond motifs is 1. The molecule has 1 heterocycles. The molecule has 0 aromatic heterocycles. The zero-order valence-electron chi connectivity index (χ0n) is 21.9. The Hall–Kier alpha value is -0.380. The lowest BCUT2D eigenvalue weighted by atomic mass is 9.89. The molecule has 0 bridgehead atoms. The van der Waals surface area contributed by atoms with E-state index in [4.69, 9.17) is 24.3 Å². The number of carbonyl (C=O) groups excluding carboxylic acids is 1. The van der Waals surface area contributed by atoms with Crippen LogP contribution in [0.1, 0.15) is 74.2 Å². The summed E-state index contributed by atoms with van der Waals surface area (Å²) in [5, 5.41) is 0. The molecule has 1 aromatic rings. The Morgan fingerprint density at radius 1 is 1.15 bits per heavy atom. The topological polar surface area (TPSA) is 80.0 Å². The first-order valence-electron chi connectivity index (χ1n) is 11.9. The Balaban J connectivity index is 0.000000646. The molecule has 2 rings (SSSR count). The molecule has 34 heavy (non-hydrogen) atoms. The summed E-state index contributed by atoms with van der Waals surface area (Å²) in [7, 11) is 1.15. The molecule has 0 amide bonds. The number of carbonyl (C=O) groups is 1. The zero-order valence-corrected chi connectivity index (χ0v) is 25.8. The van der Waals surface area contributed by atoms with Crippen LogP contribution in [-0.4, -0.2) is 44.2 Å². The lowest BCUT2D eigenvalue weighted by Gasteiger charge is -2.19. The van der Waals surface area contributed by atoms with Crippen LogP contribution < -0.4 is 10.5 Å². The van der Waals surface area contributed by atoms with Gasteiger partial charge in [0.1, 0.15) is 17.9 Å². The van der Waals surface area contributed by atoms with Gasteiger partial charge in [-0.3, -0.25) is 0 Å². The molecule has 6 nitrogen and oxygen atoms in total. The van der Waals surface area contributed by atoms with Crippen molar-refractivity contribution in [2.75, 3.05) is 38.3 Å². The molecular weight excluding hydrogens is 584 g/mol. The van der Waals surface area contributed by atoms with Crippen LogP contribution in [0.2, 0.25) is 0 Å². The van der Waals surface area contributed by atoms with E-state index in [0.717, 1.165) is 54.9 Å². The smallest absolute Gasteiger partial charge is 0.342 e. The van der Waals surface area contributed by atoms with E-state index in [1.165, 1.54) is 16.7 Å². The lowest BCUT2D eigenvalue weighted by Crippen LogP contribution is -2.11. The van der Waals surface area contributed by atoms with Gasteiger partial charge in [0.2, 0.25) is 0 Å². The first-order chi connectivity index (χ1) is 16.3. The molecule has 196 valence electrons. The second-order valence-corrected chi connectivity index (χ2v) is 11.7. The van der Waals surface area contributed by atoms with E-state index in [0.29, 0.717) is 25.3 Å². The van der Waals surface area contributed by atoms with Gasteiger partial charge in [0.15, 0.2) is 8.38 Å². The summed E-state index contributed by atoms with van der Waals surface area (Å²) in [6.45, 7) is 21.0. The van der Waals surface area contributed by atoms with Crippen molar-refractivity contribution >= 4 is 44.5 Å². The summed E-state index contributed by atoms with van der Waals surface area (Å²) in [6, 6.07) is 0. The molecule has 0 spiro atoms. The van der Waals surface area contributed by atoms with Crippen molar-refractivity contribution in [2.24, 2.45) is 5.73 Å². The molecule has 0 saturated heterocycles. The van der Waals surface area contributed by atoms with Crippen molar-refractivity contribution in [2.45, 2.75) is 67.9 Å². The molecule has 0 unspecified atom stereocenters. The van der Waals surface area contributed by atoms with Gasteiger partial charge in [-0.1, -0.05) is 41.9 Å². The maximum atomic E-state index is 12.0. The number of hydrogen-bond acceptors (Lipinski definition) is 7. The van der Waals surface area contributed by atoms with Gasteiger partial charge in [0, 0.05) is 24.0 Å². The second kappa shape index (κ2) is 19.8. The van der Waals surface area contributed by atoms with Gasteiger partial charge in [-0.25, -0.2) is 4.79 Å². The average molecular weight is 628 g/mol.